The number of nitriles is 1. The molecule has 0 aliphatic rings. The quantitative estimate of drug-likeness (QED) is 0.731. The van der Waals surface area contributed by atoms with Crippen molar-refractivity contribution in [2.75, 3.05) is 14.2 Å². The molecule has 1 atom stereocenters. The first kappa shape index (κ1) is 15.1. The zero-order valence-corrected chi connectivity index (χ0v) is 12.1. The molecule has 1 unspecified atom stereocenters. The first-order valence-electron chi connectivity index (χ1n) is 6.30. The zero-order valence-electron chi connectivity index (χ0n) is 12.1. The standard InChI is InChI=1S/C16H21NO2/c1-6-9-16(11-17,12(2)3)13-7-8-14(18-4)15(10-13)19-5/h6-8,10,12H,1,9H2,2-5H3. The maximum Gasteiger partial charge on any atom is 0.161 e. The van der Waals surface area contributed by atoms with Crippen molar-refractivity contribution in [1.29, 1.82) is 5.26 Å². The van der Waals surface area contributed by atoms with Gasteiger partial charge < -0.3 is 9.47 Å². The first-order valence-corrected chi connectivity index (χ1v) is 6.30. The van der Waals surface area contributed by atoms with Gasteiger partial charge >= 0.3 is 0 Å². The molecule has 19 heavy (non-hydrogen) atoms. The lowest BCUT2D eigenvalue weighted by Gasteiger charge is -2.30. The highest BCUT2D eigenvalue weighted by Gasteiger charge is 2.35. The van der Waals surface area contributed by atoms with E-state index >= 15 is 0 Å². The van der Waals surface area contributed by atoms with Crippen LogP contribution in [0.2, 0.25) is 0 Å². The maximum atomic E-state index is 9.65. The third-order valence-electron chi connectivity index (χ3n) is 3.55. The van der Waals surface area contributed by atoms with Gasteiger partial charge in [-0.25, -0.2) is 0 Å². The molecule has 0 saturated heterocycles. The van der Waals surface area contributed by atoms with Gasteiger partial charge in [0.2, 0.25) is 0 Å². The number of ether oxygens (including phenoxy) is 2. The van der Waals surface area contributed by atoms with Gasteiger partial charge in [0.1, 0.15) is 0 Å². The van der Waals surface area contributed by atoms with Crippen molar-refractivity contribution in [2.45, 2.75) is 25.7 Å². The number of hydrogen-bond acceptors (Lipinski definition) is 3. The van der Waals surface area contributed by atoms with Gasteiger partial charge in [-0.15, -0.1) is 6.58 Å². The topological polar surface area (TPSA) is 42.2 Å². The van der Waals surface area contributed by atoms with E-state index in [2.05, 4.69) is 12.6 Å². The lowest BCUT2D eigenvalue weighted by molar-refractivity contribution is 0.350. The second-order valence-corrected chi connectivity index (χ2v) is 4.80. The van der Waals surface area contributed by atoms with Crippen LogP contribution in [0.15, 0.2) is 30.9 Å². The normalized spacial score (nSPS) is 13.5. The Morgan fingerprint density at radius 2 is 1.95 bits per heavy atom. The van der Waals surface area contributed by atoms with Gasteiger partial charge in [0, 0.05) is 0 Å². The number of benzene rings is 1. The van der Waals surface area contributed by atoms with E-state index in [1.807, 2.05) is 32.0 Å². The van der Waals surface area contributed by atoms with Crippen molar-refractivity contribution in [3.8, 4) is 17.6 Å². The molecule has 0 fully saturated rings. The van der Waals surface area contributed by atoms with Crippen molar-refractivity contribution >= 4 is 0 Å². The van der Waals surface area contributed by atoms with Crippen LogP contribution in [-0.4, -0.2) is 14.2 Å². The average molecular weight is 259 g/mol. The highest BCUT2D eigenvalue weighted by atomic mass is 16.5. The molecule has 0 N–H and O–H groups in total. The number of hydrogen-bond donors (Lipinski definition) is 0. The number of nitrogens with zero attached hydrogens (tertiary/aromatic N) is 1. The van der Waals surface area contributed by atoms with E-state index < -0.39 is 5.41 Å². The molecular weight excluding hydrogens is 238 g/mol. The molecule has 0 aromatic heterocycles. The van der Waals surface area contributed by atoms with E-state index in [-0.39, 0.29) is 5.92 Å². The van der Waals surface area contributed by atoms with Crippen LogP contribution in [0.3, 0.4) is 0 Å². The predicted molar refractivity (Wildman–Crippen MR) is 76.5 cm³/mol. The van der Waals surface area contributed by atoms with E-state index in [9.17, 15) is 5.26 Å². The fraction of sp³-hybridized carbons (Fsp3) is 0.438. The molecule has 1 rings (SSSR count). The summed E-state index contributed by atoms with van der Waals surface area (Å²) in [5, 5.41) is 9.65. The molecule has 0 spiro atoms. The van der Waals surface area contributed by atoms with Crippen molar-refractivity contribution < 1.29 is 9.47 Å². The van der Waals surface area contributed by atoms with Gasteiger partial charge in [-0.05, 0) is 30.0 Å². The smallest absolute Gasteiger partial charge is 0.161 e. The summed E-state index contributed by atoms with van der Waals surface area (Å²) in [6.45, 7) is 7.86. The van der Waals surface area contributed by atoms with Crippen LogP contribution in [0.4, 0.5) is 0 Å². The Morgan fingerprint density at radius 1 is 1.32 bits per heavy atom. The average Bonchev–Trinajstić information content (AvgIpc) is 2.43. The van der Waals surface area contributed by atoms with Crippen molar-refractivity contribution in [3.05, 3.63) is 36.4 Å². The fourth-order valence-corrected chi connectivity index (χ4v) is 2.27. The predicted octanol–water partition coefficient (Wildman–Crippen LogP) is 3.70. The van der Waals surface area contributed by atoms with Gasteiger partial charge in [0.25, 0.3) is 0 Å². The largest absolute Gasteiger partial charge is 0.493 e. The minimum absolute atomic E-state index is 0.175. The van der Waals surface area contributed by atoms with E-state index in [4.69, 9.17) is 9.47 Å². The molecule has 0 amide bonds. The molecule has 3 heteroatoms. The number of allylic oxidation sites excluding steroid dienone is 1. The van der Waals surface area contributed by atoms with Gasteiger partial charge in [-0.1, -0.05) is 26.0 Å². The lowest BCUT2D eigenvalue weighted by atomic mass is 9.70. The molecule has 0 aliphatic carbocycles. The Bertz CT molecular complexity index is 488. The summed E-state index contributed by atoms with van der Waals surface area (Å²) in [6, 6.07) is 8.10. The molecule has 0 heterocycles. The second kappa shape index (κ2) is 6.29. The second-order valence-electron chi connectivity index (χ2n) is 4.80. The van der Waals surface area contributed by atoms with Crippen LogP contribution in [0.25, 0.3) is 0 Å². The summed E-state index contributed by atoms with van der Waals surface area (Å²) < 4.78 is 10.5. The Kier molecular flexibility index (Phi) is 5.00. The summed E-state index contributed by atoms with van der Waals surface area (Å²) >= 11 is 0. The van der Waals surface area contributed by atoms with Gasteiger partial charge in [-0.2, -0.15) is 5.26 Å². The van der Waals surface area contributed by atoms with Crippen molar-refractivity contribution in [3.63, 3.8) is 0 Å². The van der Waals surface area contributed by atoms with Crippen LogP contribution >= 0.6 is 0 Å². The molecular formula is C16H21NO2. The third-order valence-corrected chi connectivity index (χ3v) is 3.55. The van der Waals surface area contributed by atoms with Crippen LogP contribution in [0, 0.1) is 17.2 Å². The number of methoxy groups -OCH3 is 2. The SMILES string of the molecule is C=CCC(C#N)(c1ccc(OC)c(OC)c1)C(C)C. The zero-order chi connectivity index (χ0) is 14.5. The highest BCUT2D eigenvalue weighted by Crippen LogP contribution is 2.39. The molecule has 0 saturated carbocycles. The van der Waals surface area contributed by atoms with Crippen LogP contribution < -0.4 is 9.47 Å². The monoisotopic (exact) mass is 259 g/mol. The first-order chi connectivity index (χ1) is 9.05. The fourth-order valence-electron chi connectivity index (χ4n) is 2.27. The number of rotatable bonds is 6. The molecule has 1 aromatic rings. The molecule has 1 aromatic carbocycles. The van der Waals surface area contributed by atoms with Crippen LogP contribution in [0.5, 0.6) is 11.5 Å². The summed E-state index contributed by atoms with van der Waals surface area (Å²) in [7, 11) is 3.19. The molecule has 0 bridgehead atoms. The van der Waals surface area contributed by atoms with E-state index in [1.54, 1.807) is 20.3 Å². The third kappa shape index (κ3) is 2.73. The summed E-state index contributed by atoms with van der Waals surface area (Å²) in [5.41, 5.74) is 0.351. The Morgan fingerprint density at radius 3 is 2.37 bits per heavy atom. The van der Waals surface area contributed by atoms with Crippen molar-refractivity contribution in [2.24, 2.45) is 5.92 Å². The Labute approximate surface area is 115 Å². The molecule has 0 radical (unpaired) electrons. The van der Waals surface area contributed by atoms with E-state index in [0.717, 1.165) is 5.56 Å². The van der Waals surface area contributed by atoms with Gasteiger partial charge in [0.05, 0.1) is 25.7 Å². The van der Waals surface area contributed by atoms with E-state index in [0.29, 0.717) is 17.9 Å². The summed E-state index contributed by atoms with van der Waals surface area (Å²) in [5.74, 6) is 1.48. The lowest BCUT2D eigenvalue weighted by Crippen LogP contribution is -2.30. The Balaban J connectivity index is 3.39. The minimum Gasteiger partial charge on any atom is -0.493 e. The maximum absolute atomic E-state index is 9.65. The molecule has 102 valence electrons. The van der Waals surface area contributed by atoms with E-state index in [1.165, 1.54) is 0 Å². The molecule has 0 aliphatic heterocycles. The van der Waals surface area contributed by atoms with Gasteiger partial charge in [0.15, 0.2) is 11.5 Å². The summed E-state index contributed by atoms with van der Waals surface area (Å²) in [4.78, 5) is 0. The summed E-state index contributed by atoms with van der Waals surface area (Å²) in [6.07, 6.45) is 2.40. The van der Waals surface area contributed by atoms with Crippen LogP contribution in [0.1, 0.15) is 25.8 Å². The van der Waals surface area contributed by atoms with Crippen LogP contribution in [-0.2, 0) is 5.41 Å². The Hall–Kier alpha value is -1.95. The molecule has 3 nitrogen and oxygen atoms in total. The highest BCUT2D eigenvalue weighted by molar-refractivity contribution is 5.47. The minimum atomic E-state index is -0.582. The van der Waals surface area contributed by atoms with Gasteiger partial charge in [-0.3, -0.25) is 0 Å². The van der Waals surface area contributed by atoms with Crippen molar-refractivity contribution in [1.82, 2.24) is 0 Å².